The van der Waals surface area contributed by atoms with Crippen molar-refractivity contribution in [2.24, 2.45) is 0 Å². The van der Waals surface area contributed by atoms with Gasteiger partial charge in [-0.3, -0.25) is 0 Å². The molecule has 0 unspecified atom stereocenters. The molecule has 100 valence electrons. The SMILES string of the molecule is CCCCOC(=O)c1ccc(O[Si](C)(C)C)cc1. The minimum absolute atomic E-state index is 0.261. The molecule has 1 aromatic rings. The Hall–Kier alpha value is -1.29. The highest BCUT2D eigenvalue weighted by Gasteiger charge is 2.16. The van der Waals surface area contributed by atoms with Gasteiger partial charge in [-0.15, -0.1) is 0 Å². The van der Waals surface area contributed by atoms with Gasteiger partial charge >= 0.3 is 5.97 Å². The quantitative estimate of drug-likeness (QED) is 0.445. The van der Waals surface area contributed by atoms with Crippen molar-refractivity contribution in [1.82, 2.24) is 0 Å². The Morgan fingerprint density at radius 2 is 1.78 bits per heavy atom. The van der Waals surface area contributed by atoms with Crippen LogP contribution in [0.3, 0.4) is 0 Å². The number of hydrogen-bond acceptors (Lipinski definition) is 3. The van der Waals surface area contributed by atoms with E-state index in [4.69, 9.17) is 9.16 Å². The zero-order valence-electron chi connectivity index (χ0n) is 11.7. The molecule has 0 bridgehead atoms. The molecule has 0 radical (unpaired) electrons. The summed E-state index contributed by atoms with van der Waals surface area (Å²) in [6, 6.07) is 7.16. The van der Waals surface area contributed by atoms with Crippen molar-refractivity contribution in [1.29, 1.82) is 0 Å². The predicted octanol–water partition coefficient (Wildman–Crippen LogP) is 3.86. The first-order valence-corrected chi connectivity index (χ1v) is 9.79. The van der Waals surface area contributed by atoms with Crippen LogP contribution in [0.15, 0.2) is 24.3 Å². The molecule has 1 rings (SSSR count). The molecule has 0 aliphatic heterocycles. The Labute approximate surface area is 110 Å². The van der Waals surface area contributed by atoms with Crippen LogP contribution in [0, 0.1) is 0 Å². The fourth-order valence-electron chi connectivity index (χ4n) is 1.41. The monoisotopic (exact) mass is 266 g/mol. The molecule has 0 aliphatic carbocycles. The second kappa shape index (κ2) is 6.59. The number of benzene rings is 1. The molecule has 0 aromatic heterocycles. The lowest BCUT2D eigenvalue weighted by Crippen LogP contribution is -2.29. The van der Waals surface area contributed by atoms with Crippen LogP contribution in [0.4, 0.5) is 0 Å². The molecule has 0 amide bonds. The third kappa shape index (κ3) is 5.36. The van der Waals surface area contributed by atoms with Gasteiger partial charge < -0.3 is 9.16 Å². The van der Waals surface area contributed by atoms with E-state index >= 15 is 0 Å². The summed E-state index contributed by atoms with van der Waals surface area (Å²) in [6.07, 6.45) is 1.93. The largest absolute Gasteiger partial charge is 0.544 e. The van der Waals surface area contributed by atoms with Crippen molar-refractivity contribution in [3.05, 3.63) is 29.8 Å². The van der Waals surface area contributed by atoms with Crippen LogP contribution in [0.5, 0.6) is 5.75 Å². The Morgan fingerprint density at radius 1 is 1.17 bits per heavy atom. The van der Waals surface area contributed by atoms with Crippen molar-refractivity contribution in [2.45, 2.75) is 39.4 Å². The van der Waals surface area contributed by atoms with E-state index in [9.17, 15) is 4.79 Å². The van der Waals surface area contributed by atoms with Crippen LogP contribution in [0.1, 0.15) is 30.1 Å². The highest BCUT2D eigenvalue weighted by molar-refractivity contribution is 6.70. The Balaban J connectivity index is 2.57. The van der Waals surface area contributed by atoms with E-state index in [0.717, 1.165) is 18.6 Å². The number of carbonyl (C=O) groups is 1. The second-order valence-corrected chi connectivity index (χ2v) is 9.66. The van der Waals surface area contributed by atoms with Crippen LogP contribution in [-0.4, -0.2) is 20.9 Å². The number of carbonyl (C=O) groups excluding carboxylic acids is 1. The van der Waals surface area contributed by atoms with Gasteiger partial charge in [-0.25, -0.2) is 4.79 Å². The Bertz CT molecular complexity index is 379. The summed E-state index contributed by atoms with van der Waals surface area (Å²) in [6.45, 7) is 8.93. The normalized spacial score (nSPS) is 11.1. The zero-order valence-corrected chi connectivity index (χ0v) is 12.7. The molecule has 0 N–H and O–H groups in total. The zero-order chi connectivity index (χ0) is 13.6. The second-order valence-electron chi connectivity index (χ2n) is 5.23. The first kappa shape index (κ1) is 14.8. The molecule has 0 atom stereocenters. The number of esters is 1. The maximum Gasteiger partial charge on any atom is 0.338 e. The molecule has 0 saturated carbocycles. The average molecular weight is 266 g/mol. The standard InChI is InChI=1S/C14H22O3Si/c1-5-6-11-16-14(15)12-7-9-13(10-8-12)17-18(2,3)4/h7-10H,5-6,11H2,1-4H3. The Kier molecular flexibility index (Phi) is 5.41. The summed E-state index contributed by atoms with van der Waals surface area (Å²) in [4.78, 5) is 11.7. The lowest BCUT2D eigenvalue weighted by atomic mass is 10.2. The first-order valence-electron chi connectivity index (χ1n) is 6.38. The molecule has 0 heterocycles. The van der Waals surface area contributed by atoms with Crippen LogP contribution in [-0.2, 0) is 4.74 Å². The van der Waals surface area contributed by atoms with Gasteiger partial charge in [0.2, 0.25) is 8.32 Å². The van der Waals surface area contributed by atoms with Crippen molar-refractivity contribution in [3.63, 3.8) is 0 Å². The number of hydrogen-bond donors (Lipinski definition) is 0. The van der Waals surface area contributed by atoms with Gasteiger partial charge in [-0.05, 0) is 50.3 Å². The summed E-state index contributed by atoms with van der Waals surface area (Å²) in [5, 5.41) is 0. The van der Waals surface area contributed by atoms with E-state index in [2.05, 4.69) is 26.6 Å². The fraction of sp³-hybridized carbons (Fsp3) is 0.500. The van der Waals surface area contributed by atoms with E-state index in [1.165, 1.54) is 0 Å². The number of ether oxygens (including phenoxy) is 1. The Morgan fingerprint density at radius 3 is 2.28 bits per heavy atom. The summed E-state index contributed by atoms with van der Waals surface area (Å²) in [5.74, 6) is 0.558. The summed E-state index contributed by atoms with van der Waals surface area (Å²) >= 11 is 0. The van der Waals surface area contributed by atoms with Crippen LogP contribution < -0.4 is 4.43 Å². The molecule has 18 heavy (non-hydrogen) atoms. The fourth-order valence-corrected chi connectivity index (χ4v) is 2.25. The smallest absolute Gasteiger partial charge is 0.338 e. The van der Waals surface area contributed by atoms with Crippen LogP contribution in [0.25, 0.3) is 0 Å². The van der Waals surface area contributed by atoms with Gasteiger partial charge in [0.25, 0.3) is 0 Å². The van der Waals surface area contributed by atoms with Crippen LogP contribution >= 0.6 is 0 Å². The predicted molar refractivity (Wildman–Crippen MR) is 75.6 cm³/mol. The van der Waals surface area contributed by atoms with Gasteiger partial charge in [0, 0.05) is 0 Å². The lowest BCUT2D eigenvalue weighted by Gasteiger charge is -2.19. The summed E-state index contributed by atoms with van der Waals surface area (Å²) in [5.41, 5.74) is 0.578. The van der Waals surface area contributed by atoms with Gasteiger partial charge in [0.1, 0.15) is 5.75 Å². The average Bonchev–Trinajstić information content (AvgIpc) is 2.28. The molecular formula is C14H22O3Si. The lowest BCUT2D eigenvalue weighted by molar-refractivity contribution is 0.0500. The van der Waals surface area contributed by atoms with Gasteiger partial charge in [0.05, 0.1) is 12.2 Å². The molecule has 3 nitrogen and oxygen atoms in total. The van der Waals surface area contributed by atoms with Crippen LogP contribution in [0.2, 0.25) is 19.6 Å². The third-order valence-corrected chi connectivity index (χ3v) is 3.09. The highest BCUT2D eigenvalue weighted by atomic mass is 28.4. The van der Waals surface area contributed by atoms with Crippen molar-refractivity contribution in [3.8, 4) is 5.75 Å². The maximum atomic E-state index is 11.7. The summed E-state index contributed by atoms with van der Waals surface area (Å²) < 4.78 is 11.0. The molecular weight excluding hydrogens is 244 g/mol. The van der Waals surface area contributed by atoms with Gasteiger partial charge in [-0.1, -0.05) is 13.3 Å². The van der Waals surface area contributed by atoms with E-state index in [0.29, 0.717) is 12.2 Å². The molecule has 0 fully saturated rings. The molecule has 4 heteroatoms. The van der Waals surface area contributed by atoms with E-state index in [1.807, 2.05) is 12.1 Å². The highest BCUT2D eigenvalue weighted by Crippen LogP contribution is 2.17. The van der Waals surface area contributed by atoms with Crippen molar-refractivity contribution >= 4 is 14.3 Å². The van der Waals surface area contributed by atoms with Crippen molar-refractivity contribution in [2.75, 3.05) is 6.61 Å². The van der Waals surface area contributed by atoms with Gasteiger partial charge in [-0.2, -0.15) is 0 Å². The van der Waals surface area contributed by atoms with E-state index in [1.54, 1.807) is 12.1 Å². The molecule has 1 aromatic carbocycles. The van der Waals surface area contributed by atoms with E-state index < -0.39 is 8.32 Å². The number of rotatable bonds is 6. The maximum absolute atomic E-state index is 11.7. The summed E-state index contributed by atoms with van der Waals surface area (Å²) in [7, 11) is -1.58. The molecule has 0 aliphatic rings. The minimum Gasteiger partial charge on any atom is -0.544 e. The first-order chi connectivity index (χ1) is 8.42. The minimum atomic E-state index is -1.58. The number of unbranched alkanes of at least 4 members (excludes halogenated alkanes) is 1. The van der Waals surface area contributed by atoms with Gasteiger partial charge in [0.15, 0.2) is 0 Å². The molecule has 0 spiro atoms. The third-order valence-electron chi connectivity index (χ3n) is 2.25. The topological polar surface area (TPSA) is 35.5 Å². The van der Waals surface area contributed by atoms with Crippen molar-refractivity contribution < 1.29 is 14.0 Å². The van der Waals surface area contributed by atoms with E-state index in [-0.39, 0.29) is 5.97 Å². The molecule has 0 saturated heterocycles.